The van der Waals surface area contributed by atoms with Crippen molar-refractivity contribution < 1.29 is 33.4 Å². The standard InChI is InChI=1S/C27H28N2O7/c1-27(2,3)36-26(33)28-21-14-22(29(4)15-21)25(32)34-16-18-10-12-20(13-11-18)24(31)35-17-23(30)19-8-6-5-7-9-19/h5-15H,16-17H2,1-4H3,(H,28,33). The average molecular weight is 493 g/mol. The van der Waals surface area contributed by atoms with Crippen LogP contribution in [0.5, 0.6) is 0 Å². The van der Waals surface area contributed by atoms with E-state index in [1.807, 2.05) is 0 Å². The molecule has 0 saturated carbocycles. The van der Waals surface area contributed by atoms with E-state index in [0.717, 1.165) is 0 Å². The summed E-state index contributed by atoms with van der Waals surface area (Å²) in [5.74, 6) is -1.51. The summed E-state index contributed by atoms with van der Waals surface area (Å²) in [7, 11) is 1.65. The van der Waals surface area contributed by atoms with Gasteiger partial charge in [0.25, 0.3) is 0 Å². The summed E-state index contributed by atoms with van der Waals surface area (Å²) in [4.78, 5) is 48.8. The van der Waals surface area contributed by atoms with Crippen molar-refractivity contribution in [1.82, 2.24) is 4.57 Å². The average Bonchev–Trinajstić information content (AvgIpc) is 3.20. The summed E-state index contributed by atoms with van der Waals surface area (Å²) < 4.78 is 17.2. The van der Waals surface area contributed by atoms with E-state index in [1.165, 1.54) is 22.8 Å². The van der Waals surface area contributed by atoms with E-state index in [-0.39, 0.29) is 30.3 Å². The fourth-order valence-corrected chi connectivity index (χ4v) is 3.14. The minimum Gasteiger partial charge on any atom is -0.456 e. The number of nitrogens with one attached hydrogen (secondary N) is 1. The van der Waals surface area contributed by atoms with Gasteiger partial charge in [-0.15, -0.1) is 0 Å². The summed E-state index contributed by atoms with van der Waals surface area (Å²) in [5, 5.41) is 2.58. The number of rotatable bonds is 8. The number of ether oxygens (including phenoxy) is 3. The zero-order valence-corrected chi connectivity index (χ0v) is 20.6. The number of aryl methyl sites for hydroxylation is 1. The summed E-state index contributed by atoms with van der Waals surface area (Å²) in [6.45, 7) is 4.87. The van der Waals surface area contributed by atoms with Crippen LogP contribution in [0.2, 0.25) is 0 Å². The Labute approximate surface area is 209 Å². The Bertz CT molecular complexity index is 1240. The quantitative estimate of drug-likeness (QED) is 0.274. The Morgan fingerprint density at radius 2 is 1.53 bits per heavy atom. The number of hydrogen-bond donors (Lipinski definition) is 1. The second-order valence-corrected chi connectivity index (χ2v) is 8.99. The molecule has 0 fully saturated rings. The first-order valence-corrected chi connectivity index (χ1v) is 11.2. The zero-order valence-electron chi connectivity index (χ0n) is 20.6. The Balaban J connectivity index is 1.50. The Kier molecular flexibility index (Phi) is 8.26. The highest BCUT2D eigenvalue weighted by molar-refractivity contribution is 5.99. The molecule has 3 rings (SSSR count). The molecule has 0 unspecified atom stereocenters. The molecule has 3 aromatic rings. The Morgan fingerprint density at radius 1 is 0.861 bits per heavy atom. The third kappa shape index (κ3) is 7.56. The molecule has 2 aromatic carbocycles. The molecule has 36 heavy (non-hydrogen) atoms. The lowest BCUT2D eigenvalue weighted by Gasteiger charge is -2.19. The highest BCUT2D eigenvalue weighted by atomic mass is 16.6. The number of esters is 2. The van der Waals surface area contributed by atoms with Crippen LogP contribution in [-0.4, -0.2) is 40.6 Å². The van der Waals surface area contributed by atoms with Gasteiger partial charge >= 0.3 is 18.0 Å². The summed E-state index contributed by atoms with van der Waals surface area (Å²) >= 11 is 0. The number of amides is 1. The molecule has 1 amide bonds. The normalized spacial score (nSPS) is 10.9. The molecular formula is C27H28N2O7. The smallest absolute Gasteiger partial charge is 0.412 e. The van der Waals surface area contributed by atoms with Crippen LogP contribution in [0, 0.1) is 0 Å². The minimum atomic E-state index is -0.646. The Hall–Kier alpha value is -4.40. The predicted molar refractivity (Wildman–Crippen MR) is 132 cm³/mol. The molecule has 0 radical (unpaired) electrons. The molecule has 0 aliphatic carbocycles. The molecule has 0 atom stereocenters. The van der Waals surface area contributed by atoms with Crippen LogP contribution in [0.4, 0.5) is 10.5 Å². The van der Waals surface area contributed by atoms with Gasteiger partial charge in [-0.05, 0) is 44.5 Å². The van der Waals surface area contributed by atoms with E-state index in [9.17, 15) is 19.2 Å². The van der Waals surface area contributed by atoms with Crippen molar-refractivity contribution in [3.8, 4) is 0 Å². The summed E-state index contributed by atoms with van der Waals surface area (Å²) in [6.07, 6.45) is 0.944. The lowest BCUT2D eigenvalue weighted by molar-refractivity contribution is 0.0456. The van der Waals surface area contributed by atoms with Crippen molar-refractivity contribution in [1.29, 1.82) is 0 Å². The van der Waals surface area contributed by atoms with E-state index >= 15 is 0 Å². The lowest BCUT2D eigenvalue weighted by atomic mass is 10.1. The second kappa shape index (κ2) is 11.4. The van der Waals surface area contributed by atoms with Gasteiger partial charge in [-0.2, -0.15) is 0 Å². The maximum atomic E-state index is 12.5. The number of benzene rings is 2. The van der Waals surface area contributed by atoms with Gasteiger partial charge in [0, 0.05) is 18.8 Å². The molecule has 0 spiro atoms. The van der Waals surface area contributed by atoms with Crippen molar-refractivity contribution in [3.63, 3.8) is 0 Å². The van der Waals surface area contributed by atoms with Gasteiger partial charge < -0.3 is 18.8 Å². The van der Waals surface area contributed by atoms with Gasteiger partial charge in [0.1, 0.15) is 17.9 Å². The topological polar surface area (TPSA) is 113 Å². The maximum absolute atomic E-state index is 12.5. The van der Waals surface area contributed by atoms with E-state index in [2.05, 4.69) is 5.32 Å². The third-order valence-electron chi connectivity index (χ3n) is 4.85. The first-order valence-electron chi connectivity index (χ1n) is 11.2. The predicted octanol–water partition coefficient (Wildman–Crippen LogP) is 4.77. The number of ketones is 1. The summed E-state index contributed by atoms with van der Waals surface area (Å²) in [5.41, 5.74) is 1.38. The number of hydrogen-bond acceptors (Lipinski definition) is 7. The SMILES string of the molecule is Cn1cc(NC(=O)OC(C)(C)C)cc1C(=O)OCc1ccc(C(=O)OCC(=O)c2ccccc2)cc1. The van der Waals surface area contributed by atoms with Crippen LogP contribution in [0.15, 0.2) is 66.9 Å². The maximum Gasteiger partial charge on any atom is 0.412 e. The molecule has 1 aromatic heterocycles. The fourth-order valence-electron chi connectivity index (χ4n) is 3.14. The fraction of sp³-hybridized carbons (Fsp3) is 0.259. The van der Waals surface area contributed by atoms with Crippen molar-refractivity contribution in [2.75, 3.05) is 11.9 Å². The Morgan fingerprint density at radius 3 is 2.17 bits per heavy atom. The van der Waals surface area contributed by atoms with Crippen molar-refractivity contribution in [2.24, 2.45) is 7.05 Å². The van der Waals surface area contributed by atoms with Crippen LogP contribution in [0.3, 0.4) is 0 Å². The van der Waals surface area contributed by atoms with E-state index in [1.54, 1.807) is 76.5 Å². The summed E-state index contributed by atoms with van der Waals surface area (Å²) in [6, 6.07) is 16.4. The van der Waals surface area contributed by atoms with Crippen LogP contribution in [-0.2, 0) is 27.9 Å². The number of nitrogens with zero attached hydrogens (tertiary/aromatic N) is 1. The first-order chi connectivity index (χ1) is 17.0. The minimum absolute atomic E-state index is 0.0271. The van der Waals surface area contributed by atoms with Gasteiger partial charge in [0.05, 0.1) is 11.3 Å². The molecular weight excluding hydrogens is 464 g/mol. The largest absolute Gasteiger partial charge is 0.456 e. The van der Waals surface area contributed by atoms with Crippen LogP contribution < -0.4 is 5.32 Å². The molecule has 1 N–H and O–H groups in total. The van der Waals surface area contributed by atoms with E-state index < -0.39 is 23.6 Å². The zero-order chi connectivity index (χ0) is 26.3. The van der Waals surface area contributed by atoms with Gasteiger partial charge in [0.2, 0.25) is 0 Å². The van der Waals surface area contributed by atoms with Crippen molar-refractivity contribution in [3.05, 3.63) is 89.2 Å². The number of carbonyl (C=O) groups excluding carboxylic acids is 4. The molecule has 1 heterocycles. The van der Waals surface area contributed by atoms with Crippen LogP contribution in [0.1, 0.15) is 57.5 Å². The molecule has 188 valence electrons. The number of aromatic nitrogens is 1. The molecule has 9 nitrogen and oxygen atoms in total. The van der Waals surface area contributed by atoms with E-state index in [4.69, 9.17) is 14.2 Å². The van der Waals surface area contributed by atoms with E-state index in [0.29, 0.717) is 16.8 Å². The molecule has 9 heteroatoms. The van der Waals surface area contributed by atoms with Crippen LogP contribution >= 0.6 is 0 Å². The highest BCUT2D eigenvalue weighted by Crippen LogP contribution is 2.17. The van der Waals surface area contributed by atoms with Gasteiger partial charge in [-0.1, -0.05) is 42.5 Å². The number of anilines is 1. The third-order valence-corrected chi connectivity index (χ3v) is 4.85. The molecule has 0 saturated heterocycles. The molecule has 0 aliphatic heterocycles. The monoisotopic (exact) mass is 492 g/mol. The van der Waals surface area contributed by atoms with Gasteiger partial charge in [-0.3, -0.25) is 10.1 Å². The number of Topliss-reactive ketones (excluding diaryl/α,β-unsaturated/α-hetero) is 1. The van der Waals surface area contributed by atoms with Crippen LogP contribution in [0.25, 0.3) is 0 Å². The first kappa shape index (κ1) is 26.2. The molecule has 0 bridgehead atoms. The highest BCUT2D eigenvalue weighted by Gasteiger charge is 2.19. The number of carbonyl (C=O) groups is 4. The van der Waals surface area contributed by atoms with Crippen molar-refractivity contribution in [2.45, 2.75) is 33.0 Å². The second-order valence-electron chi connectivity index (χ2n) is 8.99. The van der Waals surface area contributed by atoms with Gasteiger partial charge in [0.15, 0.2) is 12.4 Å². The van der Waals surface area contributed by atoms with Crippen molar-refractivity contribution >= 4 is 29.5 Å². The molecule has 0 aliphatic rings. The van der Waals surface area contributed by atoms with Gasteiger partial charge in [-0.25, -0.2) is 14.4 Å². The lowest BCUT2D eigenvalue weighted by Crippen LogP contribution is -2.27.